The minimum atomic E-state index is -3.11. The van der Waals surface area contributed by atoms with Gasteiger partial charge in [0.2, 0.25) is 5.91 Å². The summed E-state index contributed by atoms with van der Waals surface area (Å²) in [5, 5.41) is 0. The van der Waals surface area contributed by atoms with Crippen LogP contribution in [-0.2, 0) is 21.2 Å². The molecule has 1 aliphatic heterocycles. The zero-order chi connectivity index (χ0) is 21.3. The highest BCUT2D eigenvalue weighted by molar-refractivity contribution is 7.91. The summed E-state index contributed by atoms with van der Waals surface area (Å²) in [6.45, 7) is 2.54. The molecule has 1 aromatic carbocycles. The lowest BCUT2D eigenvalue weighted by atomic mass is 10.1. The molecule has 1 aliphatic carbocycles. The maximum absolute atomic E-state index is 13.0. The second kappa shape index (κ2) is 8.30. The van der Waals surface area contributed by atoms with Crippen LogP contribution in [0.5, 0.6) is 5.75 Å². The number of furan rings is 1. The van der Waals surface area contributed by atoms with Crippen LogP contribution in [0.3, 0.4) is 0 Å². The van der Waals surface area contributed by atoms with E-state index < -0.39 is 9.84 Å². The number of rotatable bonds is 7. The normalized spacial score (nSPS) is 24.8. The molecule has 0 radical (unpaired) electrons. The van der Waals surface area contributed by atoms with Crippen LogP contribution in [0.4, 0.5) is 0 Å². The topological polar surface area (TPSA) is 76.8 Å². The Balaban J connectivity index is 1.50. The van der Waals surface area contributed by atoms with Gasteiger partial charge in [0.1, 0.15) is 17.3 Å². The number of carbonyl (C=O) groups excluding carboxylic acids is 1. The van der Waals surface area contributed by atoms with E-state index in [9.17, 15) is 13.2 Å². The summed E-state index contributed by atoms with van der Waals surface area (Å²) in [4.78, 5) is 14.7. The Morgan fingerprint density at radius 1 is 1.23 bits per heavy atom. The third-order valence-corrected chi connectivity index (χ3v) is 7.71. The zero-order valence-electron chi connectivity index (χ0n) is 17.3. The van der Waals surface area contributed by atoms with Gasteiger partial charge in [0.15, 0.2) is 9.84 Å². The van der Waals surface area contributed by atoms with Gasteiger partial charge in [0, 0.05) is 24.6 Å². The fourth-order valence-corrected chi connectivity index (χ4v) is 5.69. The average Bonchev–Trinajstić information content (AvgIpc) is 3.12. The van der Waals surface area contributed by atoms with Gasteiger partial charge in [-0.3, -0.25) is 4.79 Å². The molecule has 1 aromatic heterocycles. The van der Waals surface area contributed by atoms with Crippen LogP contribution >= 0.6 is 0 Å². The third kappa shape index (κ3) is 4.78. The summed E-state index contributed by atoms with van der Waals surface area (Å²) in [5.41, 5.74) is 0.921. The van der Waals surface area contributed by atoms with Crippen LogP contribution in [0, 0.1) is 5.92 Å². The molecular weight excluding hydrogens is 402 g/mol. The van der Waals surface area contributed by atoms with Gasteiger partial charge in [-0.15, -0.1) is 0 Å². The number of amides is 1. The van der Waals surface area contributed by atoms with E-state index in [0.717, 1.165) is 23.5 Å². The molecule has 3 atom stereocenters. The van der Waals surface area contributed by atoms with Crippen molar-refractivity contribution in [2.45, 2.75) is 38.3 Å². The first-order valence-corrected chi connectivity index (χ1v) is 12.1. The summed E-state index contributed by atoms with van der Waals surface area (Å²) < 4.78 is 35.0. The molecule has 0 N–H and O–H groups in total. The summed E-state index contributed by atoms with van der Waals surface area (Å²) >= 11 is 0. The molecule has 1 saturated heterocycles. The summed E-state index contributed by atoms with van der Waals surface area (Å²) in [6, 6.07) is 11.0. The zero-order valence-corrected chi connectivity index (χ0v) is 18.1. The Hall–Kier alpha value is -2.54. The maximum Gasteiger partial charge on any atom is 0.247 e. The van der Waals surface area contributed by atoms with Gasteiger partial charge >= 0.3 is 0 Å². The highest BCUT2D eigenvalue weighted by atomic mass is 32.2. The number of nitrogens with zero attached hydrogens (tertiary/aromatic N) is 1. The Bertz CT molecular complexity index is 1040. The van der Waals surface area contributed by atoms with Gasteiger partial charge in [-0.05, 0) is 54.7 Å². The second-order valence-corrected chi connectivity index (χ2v) is 10.5. The molecule has 7 heteroatoms. The predicted molar refractivity (Wildman–Crippen MR) is 115 cm³/mol. The Morgan fingerprint density at radius 2 is 1.97 bits per heavy atom. The average molecular weight is 430 g/mol. The molecule has 0 spiro atoms. The Kier molecular flexibility index (Phi) is 5.73. The first-order valence-electron chi connectivity index (χ1n) is 10.3. The lowest BCUT2D eigenvalue weighted by Gasteiger charge is -2.27. The Morgan fingerprint density at radius 3 is 2.57 bits per heavy atom. The molecule has 2 heterocycles. The van der Waals surface area contributed by atoms with E-state index in [2.05, 4.69) is 6.92 Å². The van der Waals surface area contributed by atoms with Crippen molar-refractivity contribution in [3.05, 3.63) is 59.6 Å². The van der Waals surface area contributed by atoms with E-state index in [-0.39, 0.29) is 23.5 Å². The SMILES string of the molecule is COc1ccc(CN(C(=O)/C=C/c2ccc(C3CC3C)o2)C2CCS(=O)(=O)C2)cc1. The van der Waals surface area contributed by atoms with E-state index in [1.165, 1.54) is 6.08 Å². The first-order chi connectivity index (χ1) is 14.3. The van der Waals surface area contributed by atoms with Crippen LogP contribution < -0.4 is 4.74 Å². The van der Waals surface area contributed by atoms with Crippen molar-refractivity contribution in [3.63, 3.8) is 0 Å². The molecule has 0 bridgehead atoms. The molecule has 1 amide bonds. The molecule has 3 unspecified atom stereocenters. The first kappa shape index (κ1) is 20.7. The fourth-order valence-electron chi connectivity index (χ4n) is 3.96. The van der Waals surface area contributed by atoms with Crippen molar-refractivity contribution in [1.29, 1.82) is 0 Å². The molecule has 160 valence electrons. The standard InChI is InChI=1S/C23H27NO5S/c1-16-13-21(16)22-9-7-20(29-22)8-10-23(25)24(18-11-12-30(26,27)15-18)14-17-3-5-19(28-2)6-4-17/h3-10,16,18,21H,11-15H2,1-2H3/b10-8+. The van der Waals surface area contributed by atoms with Crippen LogP contribution in [0.2, 0.25) is 0 Å². The van der Waals surface area contributed by atoms with Crippen LogP contribution in [0.1, 0.15) is 42.8 Å². The molecule has 2 aliphatic rings. The van der Waals surface area contributed by atoms with Crippen LogP contribution in [-0.4, -0.2) is 43.9 Å². The smallest absolute Gasteiger partial charge is 0.247 e. The number of ether oxygens (including phenoxy) is 1. The molecule has 6 nitrogen and oxygen atoms in total. The number of sulfone groups is 1. The van der Waals surface area contributed by atoms with Crippen molar-refractivity contribution >= 4 is 21.8 Å². The van der Waals surface area contributed by atoms with E-state index >= 15 is 0 Å². The van der Waals surface area contributed by atoms with Crippen LogP contribution in [0.25, 0.3) is 6.08 Å². The van der Waals surface area contributed by atoms with Crippen molar-refractivity contribution < 1.29 is 22.4 Å². The van der Waals surface area contributed by atoms with Crippen molar-refractivity contribution in [2.75, 3.05) is 18.6 Å². The quantitative estimate of drug-likeness (QED) is 0.628. The molecule has 2 fully saturated rings. The van der Waals surface area contributed by atoms with E-state index in [0.29, 0.717) is 30.6 Å². The minimum Gasteiger partial charge on any atom is -0.497 e. The lowest BCUT2D eigenvalue weighted by Crippen LogP contribution is -2.39. The number of benzene rings is 1. The summed E-state index contributed by atoms with van der Waals surface area (Å²) in [5.74, 6) is 3.39. The van der Waals surface area contributed by atoms with Gasteiger partial charge in [-0.2, -0.15) is 0 Å². The highest BCUT2D eigenvalue weighted by Gasteiger charge is 2.36. The predicted octanol–water partition coefficient (Wildman–Crippen LogP) is 3.64. The molecule has 2 aromatic rings. The van der Waals surface area contributed by atoms with Gasteiger partial charge in [0.25, 0.3) is 0 Å². The van der Waals surface area contributed by atoms with Gasteiger partial charge in [-0.25, -0.2) is 8.42 Å². The molecular formula is C23H27NO5S. The maximum atomic E-state index is 13.0. The third-order valence-electron chi connectivity index (χ3n) is 5.96. The Labute approximate surface area is 177 Å². The van der Waals surface area contributed by atoms with Gasteiger partial charge < -0.3 is 14.1 Å². The van der Waals surface area contributed by atoms with Gasteiger partial charge in [0.05, 0.1) is 18.6 Å². The van der Waals surface area contributed by atoms with Crippen LogP contribution in [0.15, 0.2) is 46.9 Å². The van der Waals surface area contributed by atoms with Gasteiger partial charge in [-0.1, -0.05) is 19.1 Å². The molecule has 1 saturated carbocycles. The van der Waals surface area contributed by atoms with E-state index in [1.807, 2.05) is 36.4 Å². The monoisotopic (exact) mass is 429 g/mol. The van der Waals surface area contributed by atoms with Crippen molar-refractivity contribution in [3.8, 4) is 5.75 Å². The second-order valence-electron chi connectivity index (χ2n) is 8.26. The largest absolute Gasteiger partial charge is 0.497 e. The number of hydrogen-bond donors (Lipinski definition) is 0. The lowest BCUT2D eigenvalue weighted by molar-refractivity contribution is -0.128. The van der Waals surface area contributed by atoms with Crippen molar-refractivity contribution in [1.82, 2.24) is 4.90 Å². The van der Waals surface area contributed by atoms with Crippen molar-refractivity contribution in [2.24, 2.45) is 5.92 Å². The van der Waals surface area contributed by atoms with E-state index in [1.54, 1.807) is 18.1 Å². The molecule has 30 heavy (non-hydrogen) atoms. The summed E-state index contributed by atoms with van der Waals surface area (Å²) in [6.07, 6.45) is 4.75. The van der Waals surface area contributed by atoms with E-state index in [4.69, 9.17) is 9.15 Å². The minimum absolute atomic E-state index is 0.00715. The number of hydrogen-bond acceptors (Lipinski definition) is 5. The highest BCUT2D eigenvalue weighted by Crippen LogP contribution is 2.47. The summed E-state index contributed by atoms with van der Waals surface area (Å²) in [7, 11) is -1.50. The molecule has 4 rings (SSSR count). The number of methoxy groups -OCH3 is 1. The number of carbonyl (C=O) groups is 1. The fraction of sp³-hybridized carbons (Fsp3) is 0.435.